The molecule has 7 nitrogen and oxygen atoms in total. The quantitative estimate of drug-likeness (QED) is 0.833. The van der Waals surface area contributed by atoms with Crippen molar-refractivity contribution < 1.29 is 4.79 Å². The van der Waals surface area contributed by atoms with Crippen molar-refractivity contribution in [3.63, 3.8) is 0 Å². The molecule has 8 heteroatoms. The van der Waals surface area contributed by atoms with Gasteiger partial charge in [-0.3, -0.25) is 19.1 Å². The van der Waals surface area contributed by atoms with Gasteiger partial charge in [0.2, 0.25) is 5.91 Å². The van der Waals surface area contributed by atoms with Crippen LogP contribution in [0.5, 0.6) is 0 Å². The van der Waals surface area contributed by atoms with Gasteiger partial charge in [-0.15, -0.1) is 0 Å². The minimum atomic E-state index is 0.0881. The minimum absolute atomic E-state index is 0.0881. The Morgan fingerprint density at radius 2 is 2.00 bits per heavy atom. The fourth-order valence-electron chi connectivity index (χ4n) is 2.78. The number of hydrogen-bond donors (Lipinski definition) is 0. The second-order valence-corrected chi connectivity index (χ2v) is 6.35. The molecule has 0 aliphatic carbocycles. The van der Waals surface area contributed by atoms with Crippen LogP contribution in [-0.4, -0.2) is 61.4 Å². The first kappa shape index (κ1) is 16.0. The van der Waals surface area contributed by atoms with E-state index < -0.39 is 0 Å². The molecular weight excluding hydrogens is 316 g/mol. The number of halogens is 1. The van der Waals surface area contributed by atoms with Gasteiger partial charge in [0.1, 0.15) is 6.54 Å². The Morgan fingerprint density at radius 3 is 2.57 bits per heavy atom. The van der Waals surface area contributed by atoms with E-state index in [9.17, 15) is 4.79 Å². The maximum Gasteiger partial charge on any atom is 0.244 e. The number of rotatable bonds is 4. The summed E-state index contributed by atoms with van der Waals surface area (Å²) in [5.41, 5.74) is 1.95. The molecule has 0 N–H and O–H groups in total. The third-order valence-corrected chi connectivity index (χ3v) is 4.44. The Balaban J connectivity index is 1.49. The van der Waals surface area contributed by atoms with E-state index in [1.807, 2.05) is 35.9 Å². The second-order valence-electron chi connectivity index (χ2n) is 5.94. The highest BCUT2D eigenvalue weighted by Crippen LogP contribution is 2.13. The van der Waals surface area contributed by atoms with E-state index in [2.05, 4.69) is 15.1 Å². The standard InChI is InChI=1S/C15H21ClN6O/c1-12-14(16)10-22(18-12)11-15(23)21-5-3-20(4-6-21)9-13-7-17-19(2)8-13/h7-8,10H,3-6,9,11H2,1-2H3. The Morgan fingerprint density at radius 1 is 1.26 bits per heavy atom. The number of aryl methyl sites for hydroxylation is 2. The normalized spacial score (nSPS) is 16.0. The van der Waals surface area contributed by atoms with Crippen LogP contribution in [0.1, 0.15) is 11.3 Å². The SMILES string of the molecule is Cc1nn(CC(=O)N2CCN(Cc3cnn(C)c3)CC2)cc1Cl. The first-order valence-electron chi connectivity index (χ1n) is 7.68. The third-order valence-electron chi connectivity index (χ3n) is 4.07. The van der Waals surface area contributed by atoms with Crippen molar-refractivity contribution in [2.45, 2.75) is 20.0 Å². The van der Waals surface area contributed by atoms with Crippen LogP contribution in [-0.2, 0) is 24.9 Å². The third kappa shape index (κ3) is 3.92. The van der Waals surface area contributed by atoms with Gasteiger partial charge in [-0.1, -0.05) is 11.6 Å². The molecular formula is C15H21ClN6O. The molecule has 1 amide bonds. The smallest absolute Gasteiger partial charge is 0.244 e. The van der Waals surface area contributed by atoms with Gasteiger partial charge < -0.3 is 4.90 Å². The van der Waals surface area contributed by atoms with Gasteiger partial charge in [-0.25, -0.2) is 0 Å². The Bertz CT molecular complexity index is 666. The molecule has 23 heavy (non-hydrogen) atoms. The monoisotopic (exact) mass is 336 g/mol. The van der Waals surface area contributed by atoms with Crippen LogP contribution in [0.3, 0.4) is 0 Å². The van der Waals surface area contributed by atoms with E-state index in [1.54, 1.807) is 10.9 Å². The Labute approximate surface area is 140 Å². The molecule has 2 aromatic heterocycles. The summed E-state index contributed by atoms with van der Waals surface area (Å²) in [6.45, 7) is 6.19. The zero-order valence-corrected chi connectivity index (χ0v) is 14.2. The lowest BCUT2D eigenvalue weighted by atomic mass is 10.2. The van der Waals surface area contributed by atoms with Gasteiger partial charge in [0.05, 0.1) is 16.9 Å². The van der Waals surface area contributed by atoms with E-state index in [0.29, 0.717) is 5.02 Å². The first-order chi connectivity index (χ1) is 11.0. The lowest BCUT2D eigenvalue weighted by Crippen LogP contribution is -2.49. The predicted octanol–water partition coefficient (Wildman–Crippen LogP) is 0.923. The van der Waals surface area contributed by atoms with Gasteiger partial charge in [0.15, 0.2) is 0 Å². The van der Waals surface area contributed by atoms with Crippen molar-refractivity contribution in [3.05, 3.63) is 34.9 Å². The lowest BCUT2D eigenvalue weighted by molar-refractivity contribution is -0.133. The topological polar surface area (TPSA) is 59.2 Å². The fraction of sp³-hybridized carbons (Fsp3) is 0.533. The zero-order valence-electron chi connectivity index (χ0n) is 13.4. The molecule has 0 saturated carbocycles. The molecule has 0 radical (unpaired) electrons. The minimum Gasteiger partial charge on any atom is -0.339 e. The molecule has 1 saturated heterocycles. The first-order valence-corrected chi connectivity index (χ1v) is 8.06. The van der Waals surface area contributed by atoms with Gasteiger partial charge in [-0.05, 0) is 6.92 Å². The highest BCUT2D eigenvalue weighted by Gasteiger charge is 2.22. The Kier molecular flexibility index (Phi) is 4.68. The highest BCUT2D eigenvalue weighted by molar-refractivity contribution is 6.31. The van der Waals surface area contributed by atoms with Gasteiger partial charge in [0.25, 0.3) is 0 Å². The van der Waals surface area contributed by atoms with E-state index >= 15 is 0 Å². The molecule has 0 bridgehead atoms. The molecule has 0 atom stereocenters. The molecule has 2 aromatic rings. The predicted molar refractivity (Wildman–Crippen MR) is 87.0 cm³/mol. The largest absolute Gasteiger partial charge is 0.339 e. The molecule has 0 unspecified atom stereocenters. The summed E-state index contributed by atoms with van der Waals surface area (Å²) in [5, 5.41) is 9.02. The van der Waals surface area contributed by atoms with Gasteiger partial charge >= 0.3 is 0 Å². The number of carbonyl (C=O) groups is 1. The van der Waals surface area contributed by atoms with Crippen molar-refractivity contribution in [2.75, 3.05) is 26.2 Å². The van der Waals surface area contributed by atoms with Crippen LogP contribution in [0.4, 0.5) is 0 Å². The molecule has 3 rings (SSSR count). The van der Waals surface area contributed by atoms with Crippen LogP contribution in [0.25, 0.3) is 0 Å². The van der Waals surface area contributed by atoms with Crippen molar-refractivity contribution in [1.29, 1.82) is 0 Å². The summed E-state index contributed by atoms with van der Waals surface area (Å²) in [6.07, 6.45) is 5.62. The maximum absolute atomic E-state index is 12.3. The fourth-order valence-corrected chi connectivity index (χ4v) is 2.93. The average Bonchev–Trinajstić information content (AvgIpc) is 3.05. The molecule has 0 aromatic carbocycles. The van der Waals surface area contributed by atoms with Gasteiger partial charge in [0, 0.05) is 57.7 Å². The number of carbonyl (C=O) groups excluding carboxylic acids is 1. The van der Waals surface area contributed by atoms with Crippen LogP contribution in [0.15, 0.2) is 18.6 Å². The average molecular weight is 337 g/mol. The number of aromatic nitrogens is 4. The van der Waals surface area contributed by atoms with E-state index in [4.69, 9.17) is 11.6 Å². The molecule has 0 spiro atoms. The molecule has 1 fully saturated rings. The van der Waals surface area contributed by atoms with E-state index in [-0.39, 0.29) is 12.5 Å². The second kappa shape index (κ2) is 6.72. The van der Waals surface area contributed by atoms with Crippen molar-refractivity contribution in [3.8, 4) is 0 Å². The summed E-state index contributed by atoms with van der Waals surface area (Å²) in [7, 11) is 1.92. The number of hydrogen-bond acceptors (Lipinski definition) is 4. The number of amides is 1. The highest BCUT2D eigenvalue weighted by atomic mass is 35.5. The van der Waals surface area contributed by atoms with Crippen LogP contribution in [0.2, 0.25) is 5.02 Å². The summed E-state index contributed by atoms with van der Waals surface area (Å²) in [6, 6.07) is 0. The number of piperazine rings is 1. The zero-order chi connectivity index (χ0) is 16.4. The van der Waals surface area contributed by atoms with Gasteiger partial charge in [-0.2, -0.15) is 10.2 Å². The summed E-state index contributed by atoms with van der Waals surface area (Å²) < 4.78 is 3.42. The molecule has 1 aliphatic rings. The lowest BCUT2D eigenvalue weighted by Gasteiger charge is -2.34. The van der Waals surface area contributed by atoms with Crippen molar-refractivity contribution >= 4 is 17.5 Å². The summed E-state index contributed by atoms with van der Waals surface area (Å²) in [4.78, 5) is 16.6. The van der Waals surface area contributed by atoms with Crippen LogP contribution >= 0.6 is 11.6 Å². The molecule has 124 valence electrons. The van der Waals surface area contributed by atoms with Crippen molar-refractivity contribution in [2.24, 2.45) is 7.05 Å². The van der Waals surface area contributed by atoms with Crippen molar-refractivity contribution in [1.82, 2.24) is 29.4 Å². The van der Waals surface area contributed by atoms with Crippen LogP contribution < -0.4 is 0 Å². The summed E-state index contributed by atoms with van der Waals surface area (Å²) >= 11 is 5.97. The molecule has 1 aliphatic heterocycles. The molecule has 3 heterocycles. The van der Waals surface area contributed by atoms with E-state index in [1.165, 1.54) is 5.56 Å². The summed E-state index contributed by atoms with van der Waals surface area (Å²) in [5.74, 6) is 0.0881. The van der Waals surface area contributed by atoms with Crippen LogP contribution in [0, 0.1) is 6.92 Å². The maximum atomic E-state index is 12.3. The van der Waals surface area contributed by atoms with E-state index in [0.717, 1.165) is 38.4 Å². The number of nitrogens with zero attached hydrogens (tertiary/aromatic N) is 6. The Hall–Kier alpha value is -1.86.